The van der Waals surface area contributed by atoms with Gasteiger partial charge in [-0.1, -0.05) is 27.2 Å². The van der Waals surface area contributed by atoms with E-state index in [9.17, 15) is 0 Å². The average molecular weight is 252 g/mol. The van der Waals surface area contributed by atoms with Gasteiger partial charge in [0.25, 0.3) is 0 Å². The van der Waals surface area contributed by atoms with Crippen LogP contribution in [-0.4, -0.2) is 35.6 Å². The van der Waals surface area contributed by atoms with Crippen molar-refractivity contribution in [2.24, 2.45) is 11.8 Å². The van der Waals surface area contributed by atoms with E-state index < -0.39 is 0 Å². The van der Waals surface area contributed by atoms with Gasteiger partial charge in [-0.05, 0) is 44.9 Å². The van der Waals surface area contributed by atoms with Crippen molar-refractivity contribution in [2.75, 3.05) is 13.1 Å². The predicted octanol–water partition coefficient (Wildman–Crippen LogP) is 3.27. The van der Waals surface area contributed by atoms with Crippen LogP contribution in [0, 0.1) is 11.8 Å². The summed E-state index contributed by atoms with van der Waals surface area (Å²) < 4.78 is 0. The molecule has 1 N–H and O–H groups in total. The molecule has 2 heteroatoms. The number of hydrogen-bond acceptors (Lipinski definition) is 2. The van der Waals surface area contributed by atoms with Crippen LogP contribution in [0.15, 0.2) is 0 Å². The Morgan fingerprint density at radius 2 is 1.94 bits per heavy atom. The van der Waals surface area contributed by atoms with E-state index in [2.05, 4.69) is 44.8 Å². The molecule has 1 heterocycles. The Kier molecular flexibility index (Phi) is 4.38. The molecule has 18 heavy (non-hydrogen) atoms. The maximum Gasteiger partial charge on any atom is 0.0309 e. The van der Waals surface area contributed by atoms with E-state index in [1.165, 1.54) is 38.8 Å². The number of nitrogens with zero attached hydrogens (tertiary/aromatic N) is 1. The van der Waals surface area contributed by atoms with Crippen molar-refractivity contribution in [3.05, 3.63) is 0 Å². The largest absolute Gasteiger partial charge is 0.308 e. The first-order valence-corrected chi connectivity index (χ1v) is 8.02. The third kappa shape index (κ3) is 2.75. The summed E-state index contributed by atoms with van der Waals surface area (Å²) in [6, 6.07) is 1.46. The van der Waals surface area contributed by atoms with Crippen molar-refractivity contribution < 1.29 is 0 Å². The van der Waals surface area contributed by atoms with Crippen LogP contribution >= 0.6 is 0 Å². The molecule has 1 aliphatic heterocycles. The van der Waals surface area contributed by atoms with Gasteiger partial charge in [0.1, 0.15) is 0 Å². The molecule has 0 spiro atoms. The van der Waals surface area contributed by atoms with Crippen molar-refractivity contribution >= 4 is 0 Å². The van der Waals surface area contributed by atoms with Crippen molar-refractivity contribution in [3.8, 4) is 0 Å². The molecule has 1 saturated heterocycles. The molecule has 0 aromatic rings. The molecule has 2 aliphatic rings. The van der Waals surface area contributed by atoms with Gasteiger partial charge in [0.05, 0.1) is 0 Å². The molecule has 1 saturated carbocycles. The summed E-state index contributed by atoms with van der Waals surface area (Å²) in [5, 5.41) is 3.86. The van der Waals surface area contributed by atoms with E-state index in [4.69, 9.17) is 0 Å². The lowest BCUT2D eigenvalue weighted by Gasteiger charge is -2.50. The van der Waals surface area contributed by atoms with Crippen LogP contribution in [0.4, 0.5) is 0 Å². The number of nitrogens with one attached hydrogen (secondary N) is 1. The SMILES string of the molecule is CCC(C)C(C)N1CC(C)(C2CC2)NCC1CC. The van der Waals surface area contributed by atoms with Crippen LogP contribution < -0.4 is 5.32 Å². The third-order valence-electron chi connectivity index (χ3n) is 5.66. The summed E-state index contributed by atoms with van der Waals surface area (Å²) in [4.78, 5) is 2.81. The molecule has 106 valence electrons. The summed E-state index contributed by atoms with van der Waals surface area (Å²) in [5.41, 5.74) is 0.382. The fourth-order valence-corrected chi connectivity index (χ4v) is 3.55. The Balaban J connectivity index is 2.07. The summed E-state index contributed by atoms with van der Waals surface area (Å²) in [6.45, 7) is 14.4. The Morgan fingerprint density at radius 3 is 2.44 bits per heavy atom. The van der Waals surface area contributed by atoms with E-state index in [1.54, 1.807) is 0 Å². The molecule has 0 bridgehead atoms. The van der Waals surface area contributed by atoms with Crippen molar-refractivity contribution in [2.45, 2.75) is 77.9 Å². The van der Waals surface area contributed by atoms with Gasteiger partial charge in [-0.2, -0.15) is 0 Å². The van der Waals surface area contributed by atoms with Crippen LogP contribution in [0.1, 0.15) is 60.3 Å². The number of hydrogen-bond donors (Lipinski definition) is 1. The lowest BCUT2D eigenvalue weighted by Crippen LogP contribution is -2.66. The second kappa shape index (κ2) is 5.50. The first kappa shape index (κ1) is 14.3. The fraction of sp³-hybridized carbons (Fsp3) is 1.00. The molecule has 4 atom stereocenters. The molecule has 0 radical (unpaired) electrons. The normalized spacial score (nSPS) is 37.5. The summed E-state index contributed by atoms with van der Waals surface area (Å²) in [6.07, 6.45) is 5.44. The zero-order chi connectivity index (χ0) is 13.3. The van der Waals surface area contributed by atoms with Gasteiger partial charge in [-0.25, -0.2) is 0 Å². The number of rotatable bonds is 5. The highest BCUT2D eigenvalue weighted by Crippen LogP contribution is 2.42. The summed E-state index contributed by atoms with van der Waals surface area (Å²) >= 11 is 0. The van der Waals surface area contributed by atoms with E-state index >= 15 is 0 Å². The van der Waals surface area contributed by atoms with Gasteiger partial charge in [0.2, 0.25) is 0 Å². The summed E-state index contributed by atoms with van der Waals surface area (Å²) in [5.74, 6) is 1.74. The van der Waals surface area contributed by atoms with E-state index in [0.717, 1.165) is 23.9 Å². The van der Waals surface area contributed by atoms with Crippen molar-refractivity contribution in [1.82, 2.24) is 10.2 Å². The van der Waals surface area contributed by atoms with Gasteiger partial charge in [0, 0.05) is 30.7 Å². The standard InChI is InChI=1S/C16H32N2/c1-6-12(3)13(4)18-11-16(5,14-8-9-14)17-10-15(18)7-2/h12-15,17H,6-11H2,1-5H3. The van der Waals surface area contributed by atoms with Crippen molar-refractivity contribution in [3.63, 3.8) is 0 Å². The summed E-state index contributed by atoms with van der Waals surface area (Å²) in [7, 11) is 0. The molecule has 2 nitrogen and oxygen atoms in total. The first-order valence-electron chi connectivity index (χ1n) is 8.02. The monoisotopic (exact) mass is 252 g/mol. The van der Waals surface area contributed by atoms with E-state index in [0.29, 0.717) is 5.54 Å². The van der Waals surface area contributed by atoms with Crippen LogP contribution in [0.2, 0.25) is 0 Å². The molecule has 0 aromatic carbocycles. The minimum absolute atomic E-state index is 0.382. The van der Waals surface area contributed by atoms with E-state index in [1.807, 2.05) is 0 Å². The smallest absolute Gasteiger partial charge is 0.0309 e. The molecular formula is C16H32N2. The van der Waals surface area contributed by atoms with Crippen molar-refractivity contribution in [1.29, 1.82) is 0 Å². The van der Waals surface area contributed by atoms with Gasteiger partial charge in [-0.15, -0.1) is 0 Å². The minimum Gasteiger partial charge on any atom is -0.308 e. The zero-order valence-electron chi connectivity index (χ0n) is 13.0. The third-order valence-corrected chi connectivity index (χ3v) is 5.66. The minimum atomic E-state index is 0.382. The van der Waals surface area contributed by atoms with Crippen LogP contribution in [0.3, 0.4) is 0 Å². The second-order valence-electron chi connectivity index (χ2n) is 6.93. The lowest BCUT2D eigenvalue weighted by molar-refractivity contribution is 0.0234. The lowest BCUT2D eigenvalue weighted by atomic mass is 9.87. The molecular weight excluding hydrogens is 220 g/mol. The molecule has 2 rings (SSSR count). The maximum absolute atomic E-state index is 3.86. The average Bonchev–Trinajstić information content (AvgIpc) is 3.21. The maximum atomic E-state index is 3.86. The zero-order valence-corrected chi connectivity index (χ0v) is 13.0. The fourth-order valence-electron chi connectivity index (χ4n) is 3.55. The topological polar surface area (TPSA) is 15.3 Å². The predicted molar refractivity (Wildman–Crippen MR) is 78.8 cm³/mol. The van der Waals surface area contributed by atoms with Crippen LogP contribution in [0.25, 0.3) is 0 Å². The molecule has 0 aromatic heterocycles. The first-order chi connectivity index (χ1) is 8.51. The van der Waals surface area contributed by atoms with Gasteiger partial charge in [0.15, 0.2) is 0 Å². The second-order valence-corrected chi connectivity index (χ2v) is 6.93. The van der Waals surface area contributed by atoms with Gasteiger partial charge in [-0.3, -0.25) is 4.90 Å². The number of piperazine rings is 1. The Bertz CT molecular complexity index is 274. The Labute approximate surface area is 114 Å². The molecule has 4 unspecified atom stereocenters. The molecule has 0 amide bonds. The quantitative estimate of drug-likeness (QED) is 0.808. The van der Waals surface area contributed by atoms with E-state index in [-0.39, 0.29) is 0 Å². The Morgan fingerprint density at radius 1 is 1.28 bits per heavy atom. The highest BCUT2D eigenvalue weighted by Gasteiger charge is 2.46. The van der Waals surface area contributed by atoms with Gasteiger partial charge >= 0.3 is 0 Å². The van der Waals surface area contributed by atoms with Gasteiger partial charge < -0.3 is 5.32 Å². The van der Waals surface area contributed by atoms with Crippen LogP contribution in [-0.2, 0) is 0 Å². The highest BCUT2D eigenvalue weighted by molar-refractivity contribution is 5.04. The Hall–Kier alpha value is -0.0800. The molecule has 1 aliphatic carbocycles. The highest BCUT2D eigenvalue weighted by atomic mass is 15.3. The van der Waals surface area contributed by atoms with Crippen LogP contribution in [0.5, 0.6) is 0 Å². The molecule has 2 fully saturated rings.